The van der Waals surface area contributed by atoms with Crippen LogP contribution in [0.25, 0.3) is 0 Å². The van der Waals surface area contributed by atoms with Crippen LogP contribution in [0, 0.1) is 5.82 Å². The highest BCUT2D eigenvalue weighted by molar-refractivity contribution is 7.13. The summed E-state index contributed by atoms with van der Waals surface area (Å²) >= 11 is 1.15. The zero-order valence-corrected chi connectivity index (χ0v) is 9.58. The van der Waals surface area contributed by atoms with Crippen molar-refractivity contribution in [3.8, 4) is 0 Å². The van der Waals surface area contributed by atoms with E-state index in [0.29, 0.717) is 5.13 Å². The Morgan fingerprint density at radius 3 is 3.00 bits per heavy atom. The molecule has 2 N–H and O–H groups in total. The van der Waals surface area contributed by atoms with E-state index in [4.69, 9.17) is 0 Å². The standard InChI is InChI=1S/C9H8FN5OS/c1-11-7-6(10)5(2-3-12-7)8(16)14-9-15-13-4-17-9/h2-4H,1H3,(H,11,12)(H,14,15,16). The molecule has 2 aromatic heterocycles. The summed E-state index contributed by atoms with van der Waals surface area (Å²) in [4.78, 5) is 15.5. The Balaban J connectivity index is 2.25. The van der Waals surface area contributed by atoms with Crippen LogP contribution in [0.3, 0.4) is 0 Å². The Morgan fingerprint density at radius 2 is 2.35 bits per heavy atom. The van der Waals surface area contributed by atoms with Crippen molar-refractivity contribution < 1.29 is 9.18 Å². The molecule has 0 atom stereocenters. The Bertz CT molecular complexity index is 530. The first kappa shape index (κ1) is 11.4. The lowest BCUT2D eigenvalue weighted by atomic mass is 10.2. The summed E-state index contributed by atoms with van der Waals surface area (Å²) in [6.45, 7) is 0. The molecule has 88 valence electrons. The number of halogens is 1. The highest BCUT2D eigenvalue weighted by atomic mass is 32.1. The van der Waals surface area contributed by atoms with E-state index in [0.717, 1.165) is 11.3 Å². The van der Waals surface area contributed by atoms with E-state index >= 15 is 0 Å². The van der Waals surface area contributed by atoms with Crippen LogP contribution in [-0.2, 0) is 0 Å². The molecule has 1 amide bonds. The molecule has 0 saturated carbocycles. The van der Waals surface area contributed by atoms with Crippen molar-refractivity contribution in [2.45, 2.75) is 0 Å². The predicted octanol–water partition coefficient (Wildman–Crippen LogP) is 1.37. The van der Waals surface area contributed by atoms with Gasteiger partial charge in [-0.25, -0.2) is 9.37 Å². The molecule has 0 fully saturated rings. The summed E-state index contributed by atoms with van der Waals surface area (Å²) in [7, 11) is 1.53. The molecule has 0 spiro atoms. The van der Waals surface area contributed by atoms with Crippen LogP contribution >= 0.6 is 11.3 Å². The minimum absolute atomic E-state index is 0.0231. The fraction of sp³-hybridized carbons (Fsp3) is 0.111. The topological polar surface area (TPSA) is 79.8 Å². The molecule has 0 unspecified atom stereocenters. The van der Waals surface area contributed by atoms with Gasteiger partial charge in [0.15, 0.2) is 11.6 Å². The van der Waals surface area contributed by atoms with Gasteiger partial charge in [-0.15, -0.1) is 10.2 Å². The average molecular weight is 253 g/mol. The number of pyridine rings is 1. The van der Waals surface area contributed by atoms with Crippen molar-refractivity contribution in [1.29, 1.82) is 0 Å². The summed E-state index contributed by atoms with van der Waals surface area (Å²) in [6, 6.07) is 1.30. The normalized spacial score (nSPS) is 10.0. The fourth-order valence-electron chi connectivity index (χ4n) is 1.19. The van der Waals surface area contributed by atoms with Crippen LogP contribution in [-0.4, -0.2) is 28.1 Å². The Kier molecular flexibility index (Phi) is 3.24. The number of carbonyl (C=O) groups excluding carboxylic acids is 1. The molecule has 17 heavy (non-hydrogen) atoms. The van der Waals surface area contributed by atoms with Crippen LogP contribution < -0.4 is 10.6 Å². The largest absolute Gasteiger partial charge is 0.371 e. The van der Waals surface area contributed by atoms with Crippen molar-refractivity contribution in [1.82, 2.24) is 15.2 Å². The van der Waals surface area contributed by atoms with E-state index in [1.165, 1.54) is 24.8 Å². The molecule has 2 rings (SSSR count). The molecule has 0 radical (unpaired) electrons. The summed E-state index contributed by atoms with van der Waals surface area (Å²) in [6.07, 6.45) is 1.35. The zero-order valence-electron chi connectivity index (χ0n) is 8.77. The first-order valence-electron chi connectivity index (χ1n) is 4.62. The van der Waals surface area contributed by atoms with Crippen LogP contribution in [0.15, 0.2) is 17.8 Å². The smallest absolute Gasteiger partial charge is 0.260 e. The molecule has 6 nitrogen and oxygen atoms in total. The van der Waals surface area contributed by atoms with Gasteiger partial charge in [-0.05, 0) is 6.07 Å². The molecule has 0 bridgehead atoms. The van der Waals surface area contributed by atoms with Crippen LogP contribution in [0.5, 0.6) is 0 Å². The summed E-state index contributed by atoms with van der Waals surface area (Å²) < 4.78 is 13.7. The van der Waals surface area contributed by atoms with E-state index in [1.807, 2.05) is 0 Å². The van der Waals surface area contributed by atoms with Gasteiger partial charge >= 0.3 is 0 Å². The zero-order chi connectivity index (χ0) is 12.3. The lowest BCUT2D eigenvalue weighted by Crippen LogP contribution is -2.15. The van der Waals surface area contributed by atoms with E-state index in [9.17, 15) is 9.18 Å². The molecule has 0 aliphatic carbocycles. The highest BCUT2D eigenvalue weighted by Gasteiger charge is 2.16. The third-order valence-electron chi connectivity index (χ3n) is 1.95. The first-order valence-corrected chi connectivity index (χ1v) is 5.50. The SMILES string of the molecule is CNc1nccc(C(=O)Nc2nncs2)c1F. The molecule has 0 aliphatic rings. The van der Waals surface area contributed by atoms with E-state index in [-0.39, 0.29) is 11.4 Å². The summed E-state index contributed by atoms with van der Waals surface area (Å²) in [5.41, 5.74) is 1.37. The van der Waals surface area contributed by atoms with Crippen molar-refractivity contribution >= 4 is 28.2 Å². The highest BCUT2D eigenvalue weighted by Crippen LogP contribution is 2.16. The quantitative estimate of drug-likeness (QED) is 0.863. The van der Waals surface area contributed by atoms with Gasteiger partial charge < -0.3 is 5.32 Å². The fourth-order valence-corrected chi connectivity index (χ4v) is 1.63. The summed E-state index contributed by atoms with van der Waals surface area (Å²) in [5.74, 6) is -1.26. The average Bonchev–Trinajstić information content (AvgIpc) is 2.82. The number of aromatic nitrogens is 3. The second-order valence-corrected chi connectivity index (χ2v) is 3.80. The van der Waals surface area contributed by atoms with Gasteiger partial charge in [0.2, 0.25) is 5.13 Å². The molecule has 0 saturated heterocycles. The molecule has 2 aromatic rings. The molecule has 0 aliphatic heterocycles. The van der Waals surface area contributed by atoms with Gasteiger partial charge in [0.05, 0.1) is 5.56 Å². The number of nitrogens with one attached hydrogen (secondary N) is 2. The van der Waals surface area contributed by atoms with Crippen molar-refractivity contribution in [3.05, 3.63) is 29.2 Å². The van der Waals surface area contributed by atoms with E-state index < -0.39 is 11.7 Å². The summed E-state index contributed by atoms with van der Waals surface area (Å²) in [5, 5.41) is 12.5. The monoisotopic (exact) mass is 253 g/mol. The maximum absolute atomic E-state index is 13.7. The van der Waals surface area contributed by atoms with Gasteiger partial charge in [-0.1, -0.05) is 11.3 Å². The minimum Gasteiger partial charge on any atom is -0.371 e. The number of hydrogen-bond acceptors (Lipinski definition) is 6. The molecule has 8 heteroatoms. The van der Waals surface area contributed by atoms with Gasteiger partial charge in [0.25, 0.3) is 5.91 Å². The molecule has 2 heterocycles. The van der Waals surface area contributed by atoms with Crippen molar-refractivity contribution in [2.75, 3.05) is 17.7 Å². The Labute approximate surface area is 99.9 Å². The van der Waals surface area contributed by atoms with Crippen LogP contribution in [0.4, 0.5) is 15.3 Å². The number of hydrogen-bond donors (Lipinski definition) is 2. The molecular weight excluding hydrogens is 245 g/mol. The number of amides is 1. The van der Waals surface area contributed by atoms with E-state index in [2.05, 4.69) is 25.8 Å². The van der Waals surface area contributed by atoms with Gasteiger partial charge in [0.1, 0.15) is 5.51 Å². The first-order chi connectivity index (χ1) is 8.22. The van der Waals surface area contributed by atoms with Gasteiger partial charge in [-0.2, -0.15) is 0 Å². The second-order valence-electron chi connectivity index (χ2n) is 2.97. The minimum atomic E-state index is -0.697. The van der Waals surface area contributed by atoms with Crippen molar-refractivity contribution in [2.24, 2.45) is 0 Å². The van der Waals surface area contributed by atoms with Crippen LogP contribution in [0.1, 0.15) is 10.4 Å². The third-order valence-corrected chi connectivity index (χ3v) is 2.56. The Hall–Kier alpha value is -2.09. The second kappa shape index (κ2) is 4.83. The number of rotatable bonds is 3. The maximum atomic E-state index is 13.7. The van der Waals surface area contributed by atoms with Crippen LogP contribution in [0.2, 0.25) is 0 Å². The predicted molar refractivity (Wildman–Crippen MR) is 61.6 cm³/mol. The van der Waals surface area contributed by atoms with Gasteiger partial charge in [0, 0.05) is 13.2 Å². The number of carbonyl (C=O) groups is 1. The Morgan fingerprint density at radius 1 is 1.53 bits per heavy atom. The number of anilines is 2. The van der Waals surface area contributed by atoms with Crippen molar-refractivity contribution in [3.63, 3.8) is 0 Å². The third kappa shape index (κ3) is 2.36. The lowest BCUT2D eigenvalue weighted by molar-refractivity contribution is 0.102. The maximum Gasteiger partial charge on any atom is 0.260 e. The molecular formula is C9H8FN5OS. The lowest BCUT2D eigenvalue weighted by Gasteiger charge is -2.05. The van der Waals surface area contributed by atoms with E-state index in [1.54, 1.807) is 0 Å². The molecule has 0 aromatic carbocycles. The van der Waals surface area contributed by atoms with Gasteiger partial charge in [-0.3, -0.25) is 10.1 Å². The number of nitrogens with zero attached hydrogens (tertiary/aromatic N) is 3.